The van der Waals surface area contributed by atoms with E-state index >= 15 is 0 Å². The largest absolute Gasteiger partial charge is 0.333 e. The number of ketones is 1. The Bertz CT molecular complexity index is 438. The van der Waals surface area contributed by atoms with E-state index in [-0.39, 0.29) is 17.5 Å². The quantitative estimate of drug-likeness (QED) is 0.807. The monoisotopic (exact) mass is 290 g/mol. The maximum Gasteiger partial charge on any atom is 0.317 e. The van der Waals surface area contributed by atoms with E-state index in [1.165, 1.54) is 38.5 Å². The lowest BCUT2D eigenvalue weighted by Crippen LogP contribution is -2.62. The third-order valence-electron chi connectivity index (χ3n) is 6.37. The highest BCUT2D eigenvalue weighted by Gasteiger charge is 2.51. The third-order valence-corrected chi connectivity index (χ3v) is 6.37. The zero-order chi connectivity index (χ0) is 14.6. The first kappa shape index (κ1) is 13.6. The van der Waals surface area contributed by atoms with Crippen LogP contribution in [0.25, 0.3) is 0 Å². The number of Topliss-reactive ketones (excluding diaryl/α,β-unsaturated/α-hetero) is 1. The number of hydrogen-bond acceptors (Lipinski definition) is 2. The summed E-state index contributed by atoms with van der Waals surface area (Å²) in [5.41, 5.74) is 0.0799. The lowest BCUT2D eigenvalue weighted by molar-refractivity contribution is -0.124. The smallest absolute Gasteiger partial charge is 0.317 e. The predicted octanol–water partition coefficient (Wildman–Crippen LogP) is 2.58. The van der Waals surface area contributed by atoms with Crippen LogP contribution in [0.5, 0.6) is 0 Å². The highest BCUT2D eigenvalue weighted by molar-refractivity contribution is 5.84. The van der Waals surface area contributed by atoms with Crippen molar-refractivity contribution in [2.45, 2.75) is 57.4 Å². The molecule has 1 atom stereocenters. The predicted molar refractivity (Wildman–Crippen MR) is 79.8 cm³/mol. The first-order valence-corrected chi connectivity index (χ1v) is 8.63. The maximum absolute atomic E-state index is 12.6. The molecule has 4 bridgehead atoms. The van der Waals surface area contributed by atoms with Gasteiger partial charge in [0.15, 0.2) is 0 Å². The number of piperidine rings is 1. The molecule has 1 unspecified atom stereocenters. The summed E-state index contributed by atoms with van der Waals surface area (Å²) in [5, 5.41) is 3.41. The van der Waals surface area contributed by atoms with E-state index in [9.17, 15) is 9.59 Å². The van der Waals surface area contributed by atoms with Gasteiger partial charge in [-0.3, -0.25) is 4.79 Å². The minimum absolute atomic E-state index is 0.000799. The number of urea groups is 1. The molecule has 4 aliphatic carbocycles. The Morgan fingerprint density at radius 2 is 1.71 bits per heavy atom. The van der Waals surface area contributed by atoms with Crippen molar-refractivity contribution in [2.24, 2.45) is 23.7 Å². The molecule has 5 fully saturated rings. The van der Waals surface area contributed by atoms with Gasteiger partial charge in [-0.25, -0.2) is 4.79 Å². The molecule has 0 aromatic rings. The van der Waals surface area contributed by atoms with Gasteiger partial charge in [-0.2, -0.15) is 0 Å². The van der Waals surface area contributed by atoms with Gasteiger partial charge >= 0.3 is 6.03 Å². The van der Waals surface area contributed by atoms with Crippen LogP contribution >= 0.6 is 0 Å². The Morgan fingerprint density at radius 3 is 2.24 bits per heavy atom. The molecule has 1 saturated heterocycles. The summed E-state index contributed by atoms with van der Waals surface area (Å²) < 4.78 is 0. The molecular weight excluding hydrogens is 264 g/mol. The van der Waals surface area contributed by atoms with Gasteiger partial charge in [0.05, 0.1) is 0 Å². The molecule has 0 aromatic carbocycles. The zero-order valence-corrected chi connectivity index (χ0v) is 12.9. The summed E-state index contributed by atoms with van der Waals surface area (Å²) in [5.74, 6) is 2.84. The van der Waals surface area contributed by atoms with E-state index in [1.54, 1.807) is 0 Å². The summed E-state index contributed by atoms with van der Waals surface area (Å²) >= 11 is 0. The standard InChI is InChI=1S/C17H26N2O2/c1-11-10-19(3-2-15(11)20)16(21)18-17-7-12-4-13(8-17)6-14(5-12)9-17/h11-14H,2-10H2,1H3,(H,18,21). The van der Waals surface area contributed by atoms with Crippen LogP contribution in [-0.2, 0) is 4.79 Å². The van der Waals surface area contributed by atoms with Crippen molar-refractivity contribution in [3.63, 3.8) is 0 Å². The molecule has 0 spiro atoms. The second-order valence-electron chi connectivity index (χ2n) is 8.19. The minimum Gasteiger partial charge on any atom is -0.333 e. The second-order valence-corrected chi connectivity index (χ2v) is 8.19. The zero-order valence-electron chi connectivity index (χ0n) is 12.9. The number of amides is 2. The first-order valence-electron chi connectivity index (χ1n) is 8.63. The SMILES string of the molecule is CC1CN(C(=O)NC23CC4CC(CC(C4)C2)C3)CCC1=O. The van der Waals surface area contributed by atoms with Gasteiger partial charge in [-0.1, -0.05) is 6.92 Å². The van der Waals surface area contributed by atoms with Crippen molar-refractivity contribution in [2.75, 3.05) is 13.1 Å². The molecule has 4 nitrogen and oxygen atoms in total. The molecule has 2 amide bonds. The van der Waals surface area contributed by atoms with Gasteiger partial charge in [-0.15, -0.1) is 0 Å². The summed E-state index contributed by atoms with van der Waals surface area (Å²) in [4.78, 5) is 26.1. The van der Waals surface area contributed by atoms with Crippen LogP contribution in [0.3, 0.4) is 0 Å². The Balaban J connectivity index is 1.44. The van der Waals surface area contributed by atoms with Crippen molar-refractivity contribution >= 4 is 11.8 Å². The fourth-order valence-electron chi connectivity index (χ4n) is 5.77. The molecule has 4 heteroatoms. The summed E-state index contributed by atoms with van der Waals surface area (Å²) in [6.45, 7) is 3.13. The molecule has 4 saturated carbocycles. The highest BCUT2D eigenvalue weighted by atomic mass is 16.2. The van der Waals surface area contributed by atoms with Crippen LogP contribution in [0, 0.1) is 23.7 Å². The second kappa shape index (κ2) is 4.72. The van der Waals surface area contributed by atoms with Crippen molar-refractivity contribution in [1.82, 2.24) is 10.2 Å². The first-order chi connectivity index (χ1) is 10.0. The number of carbonyl (C=O) groups is 2. The number of hydrogen-bond donors (Lipinski definition) is 1. The Morgan fingerprint density at radius 1 is 1.14 bits per heavy atom. The van der Waals surface area contributed by atoms with Gasteiger partial charge in [0.1, 0.15) is 5.78 Å². The number of likely N-dealkylation sites (tertiary alicyclic amines) is 1. The number of carbonyl (C=O) groups excluding carboxylic acids is 2. The van der Waals surface area contributed by atoms with E-state index in [1.807, 2.05) is 11.8 Å². The Labute approximate surface area is 126 Å². The summed E-state index contributed by atoms with van der Waals surface area (Å²) in [6, 6.07) is 0.0799. The maximum atomic E-state index is 12.6. The lowest BCUT2D eigenvalue weighted by Gasteiger charge is -2.57. The van der Waals surface area contributed by atoms with Gasteiger partial charge in [0.2, 0.25) is 0 Å². The molecule has 0 radical (unpaired) electrons. The summed E-state index contributed by atoms with van der Waals surface area (Å²) in [6.07, 6.45) is 8.27. The average Bonchev–Trinajstić information content (AvgIpc) is 2.39. The van der Waals surface area contributed by atoms with Gasteiger partial charge in [0.25, 0.3) is 0 Å². The van der Waals surface area contributed by atoms with Gasteiger partial charge in [0, 0.05) is 31.0 Å². The van der Waals surface area contributed by atoms with Crippen LogP contribution < -0.4 is 5.32 Å². The molecule has 1 N–H and O–H groups in total. The lowest BCUT2D eigenvalue weighted by atomic mass is 9.53. The Hall–Kier alpha value is -1.06. The van der Waals surface area contributed by atoms with Crippen LogP contribution in [0.4, 0.5) is 4.79 Å². The third kappa shape index (κ3) is 2.36. The normalized spacial score (nSPS) is 45.0. The van der Waals surface area contributed by atoms with Gasteiger partial charge < -0.3 is 10.2 Å². The minimum atomic E-state index is 0.000799. The van der Waals surface area contributed by atoms with Crippen molar-refractivity contribution in [3.05, 3.63) is 0 Å². The Kier molecular flexibility index (Phi) is 3.05. The van der Waals surface area contributed by atoms with Crippen LogP contribution in [-0.4, -0.2) is 35.3 Å². The molecule has 5 aliphatic rings. The van der Waals surface area contributed by atoms with E-state index in [0.717, 1.165) is 17.8 Å². The van der Waals surface area contributed by atoms with E-state index in [0.29, 0.717) is 25.3 Å². The van der Waals surface area contributed by atoms with E-state index in [2.05, 4.69) is 5.32 Å². The summed E-state index contributed by atoms with van der Waals surface area (Å²) in [7, 11) is 0. The fraction of sp³-hybridized carbons (Fsp3) is 0.882. The number of rotatable bonds is 1. The number of nitrogens with zero attached hydrogens (tertiary/aromatic N) is 1. The van der Waals surface area contributed by atoms with Crippen molar-refractivity contribution in [3.8, 4) is 0 Å². The molecule has 21 heavy (non-hydrogen) atoms. The van der Waals surface area contributed by atoms with E-state index < -0.39 is 0 Å². The fourth-order valence-corrected chi connectivity index (χ4v) is 5.77. The number of nitrogens with one attached hydrogen (secondary N) is 1. The van der Waals surface area contributed by atoms with Crippen LogP contribution in [0.15, 0.2) is 0 Å². The van der Waals surface area contributed by atoms with Crippen LogP contribution in [0.2, 0.25) is 0 Å². The van der Waals surface area contributed by atoms with E-state index in [4.69, 9.17) is 0 Å². The molecule has 5 rings (SSSR count). The average molecular weight is 290 g/mol. The molecule has 1 heterocycles. The molecular formula is C17H26N2O2. The van der Waals surface area contributed by atoms with Gasteiger partial charge in [-0.05, 0) is 56.3 Å². The molecule has 0 aromatic heterocycles. The highest BCUT2D eigenvalue weighted by Crippen LogP contribution is 2.55. The van der Waals surface area contributed by atoms with Crippen molar-refractivity contribution in [1.29, 1.82) is 0 Å². The molecule has 116 valence electrons. The topological polar surface area (TPSA) is 49.4 Å². The van der Waals surface area contributed by atoms with Crippen LogP contribution in [0.1, 0.15) is 51.9 Å². The van der Waals surface area contributed by atoms with Crippen molar-refractivity contribution < 1.29 is 9.59 Å². The molecule has 1 aliphatic heterocycles.